The van der Waals surface area contributed by atoms with Gasteiger partial charge in [-0.3, -0.25) is 10.2 Å². The number of aromatic hydroxyl groups is 1. The molecule has 2 aromatic carbocycles. The second-order valence-electron chi connectivity index (χ2n) is 8.15. The van der Waals surface area contributed by atoms with Crippen LogP contribution in [0.15, 0.2) is 47.6 Å². The second-order valence-corrected chi connectivity index (χ2v) is 8.58. The molecule has 0 aliphatic heterocycles. The second kappa shape index (κ2) is 14.5. The average Bonchev–Trinajstić information content (AvgIpc) is 2.78. The van der Waals surface area contributed by atoms with Crippen molar-refractivity contribution in [1.29, 1.82) is 0 Å². The molecular weight excluding hydrogens is 424 g/mol. The Hall–Kier alpha value is -2.53. The van der Waals surface area contributed by atoms with Gasteiger partial charge in [0.25, 0.3) is 0 Å². The van der Waals surface area contributed by atoms with Gasteiger partial charge in [-0.1, -0.05) is 86.7 Å². The molecule has 0 aliphatic carbocycles. The highest BCUT2D eigenvalue weighted by Crippen LogP contribution is 2.22. The molecule has 2 aromatic rings. The quantitative estimate of drug-likeness (QED) is 0.137. The Morgan fingerprint density at radius 3 is 2.25 bits per heavy atom. The maximum Gasteiger partial charge on any atom is 0.437 e. The van der Waals surface area contributed by atoms with E-state index in [-0.39, 0.29) is 5.75 Å². The van der Waals surface area contributed by atoms with Gasteiger partial charge in [0.1, 0.15) is 5.75 Å². The highest BCUT2D eigenvalue weighted by atomic mass is 35.5. The molecule has 0 unspecified atom stereocenters. The fourth-order valence-electron chi connectivity index (χ4n) is 3.48. The maximum atomic E-state index is 12.2. The lowest BCUT2D eigenvalue weighted by molar-refractivity contribution is 0.166. The van der Waals surface area contributed by atoms with Crippen LogP contribution in [0.2, 0.25) is 5.02 Å². The molecular formula is C26H35ClN2O3. The van der Waals surface area contributed by atoms with E-state index in [1.165, 1.54) is 44.9 Å². The van der Waals surface area contributed by atoms with E-state index in [2.05, 4.69) is 17.4 Å². The van der Waals surface area contributed by atoms with Gasteiger partial charge in [0, 0.05) is 16.3 Å². The van der Waals surface area contributed by atoms with E-state index in [4.69, 9.17) is 16.4 Å². The number of hydrogen-bond acceptors (Lipinski definition) is 4. The summed E-state index contributed by atoms with van der Waals surface area (Å²) in [5.74, 6) is 0.131. The number of hydrogen-bond donors (Lipinski definition) is 2. The number of phenolic OH excluding ortho intramolecular Hbond substituents is 1. The first-order chi connectivity index (χ1) is 15.5. The third-order valence-corrected chi connectivity index (χ3v) is 5.56. The predicted octanol–water partition coefficient (Wildman–Crippen LogP) is 8.23. The van der Waals surface area contributed by atoms with Crippen LogP contribution in [0.25, 0.3) is 0 Å². The maximum absolute atomic E-state index is 12.2. The normalized spacial score (nSPS) is 11.4. The fraction of sp³-hybridized carbons (Fsp3) is 0.462. The van der Waals surface area contributed by atoms with Gasteiger partial charge in [-0.15, -0.1) is 0 Å². The molecule has 0 fully saturated rings. The zero-order valence-electron chi connectivity index (χ0n) is 19.2. The Labute approximate surface area is 196 Å². The van der Waals surface area contributed by atoms with Crippen LogP contribution in [0.1, 0.15) is 82.3 Å². The number of nitrogens with zero attached hydrogens (tertiary/aromatic N) is 1. The molecule has 0 bridgehead atoms. The van der Waals surface area contributed by atoms with E-state index in [9.17, 15) is 9.90 Å². The number of benzene rings is 2. The number of carbonyl (C=O) groups is 1. The number of rotatable bonds is 13. The van der Waals surface area contributed by atoms with Gasteiger partial charge in [0.05, 0.1) is 5.71 Å². The van der Waals surface area contributed by atoms with Crippen molar-refractivity contribution in [2.45, 2.75) is 78.1 Å². The smallest absolute Gasteiger partial charge is 0.437 e. The molecule has 0 radical (unpaired) electrons. The molecule has 0 heterocycles. The van der Waals surface area contributed by atoms with Gasteiger partial charge in [0.15, 0.2) is 0 Å². The molecule has 0 aliphatic rings. The summed E-state index contributed by atoms with van der Waals surface area (Å²) in [5.41, 5.74) is 2.74. The van der Waals surface area contributed by atoms with Crippen LogP contribution in [0.5, 0.6) is 5.75 Å². The molecule has 0 saturated heterocycles. The van der Waals surface area contributed by atoms with Crippen LogP contribution in [0.3, 0.4) is 0 Å². The summed E-state index contributed by atoms with van der Waals surface area (Å²) in [4.78, 5) is 17.3. The summed E-state index contributed by atoms with van der Waals surface area (Å²) in [5, 5.41) is 17.6. The topological polar surface area (TPSA) is 70.9 Å². The summed E-state index contributed by atoms with van der Waals surface area (Å²) in [6.07, 6.45) is 10.9. The van der Waals surface area contributed by atoms with Crippen molar-refractivity contribution in [1.82, 2.24) is 0 Å². The van der Waals surface area contributed by atoms with E-state index >= 15 is 0 Å². The van der Waals surface area contributed by atoms with Gasteiger partial charge in [-0.05, 0) is 56.2 Å². The molecule has 0 saturated carbocycles. The number of oxime groups is 1. The minimum atomic E-state index is -0.691. The van der Waals surface area contributed by atoms with Crippen molar-refractivity contribution in [2.75, 3.05) is 5.32 Å². The van der Waals surface area contributed by atoms with Gasteiger partial charge in [-0.25, -0.2) is 4.79 Å². The molecule has 32 heavy (non-hydrogen) atoms. The molecule has 0 atom stereocenters. The van der Waals surface area contributed by atoms with Crippen LogP contribution in [0, 0.1) is 6.92 Å². The minimum absolute atomic E-state index is 0.131. The van der Waals surface area contributed by atoms with Gasteiger partial charge in [0.2, 0.25) is 0 Å². The van der Waals surface area contributed by atoms with Crippen molar-refractivity contribution < 1.29 is 14.7 Å². The standard InChI is InChI=1S/C26H35ClN2O3/c1-3-4-5-6-7-8-9-10-11-12-24(23-19-20(2)13-18-25(23)30)29-32-26(31)28-22-16-14-21(27)15-17-22/h13-19,30H,3-12H2,1-2H3,(H,28,31). The number of anilines is 1. The van der Waals surface area contributed by atoms with E-state index in [1.54, 1.807) is 30.3 Å². The SMILES string of the molecule is CCCCCCCCCCCC(=NOC(=O)Nc1ccc(Cl)cc1)c1cc(C)ccc1O. The largest absolute Gasteiger partial charge is 0.507 e. The molecule has 6 heteroatoms. The summed E-state index contributed by atoms with van der Waals surface area (Å²) >= 11 is 5.87. The number of halogens is 1. The van der Waals surface area contributed by atoms with E-state index in [1.807, 2.05) is 19.1 Å². The molecule has 1 amide bonds. The lowest BCUT2D eigenvalue weighted by Gasteiger charge is -2.10. The summed E-state index contributed by atoms with van der Waals surface area (Å²) in [6, 6.07) is 12.1. The van der Waals surface area contributed by atoms with E-state index in [0.717, 1.165) is 18.4 Å². The number of phenols is 1. The van der Waals surface area contributed by atoms with Crippen molar-refractivity contribution in [3.8, 4) is 5.75 Å². The van der Waals surface area contributed by atoms with E-state index < -0.39 is 6.09 Å². The lowest BCUT2D eigenvalue weighted by Crippen LogP contribution is -2.13. The highest BCUT2D eigenvalue weighted by molar-refractivity contribution is 6.30. The van der Waals surface area contributed by atoms with Crippen molar-refractivity contribution in [3.63, 3.8) is 0 Å². The molecule has 2 N–H and O–H groups in total. The lowest BCUT2D eigenvalue weighted by atomic mass is 10.00. The average molecular weight is 459 g/mol. The third-order valence-electron chi connectivity index (χ3n) is 5.31. The first kappa shape index (κ1) is 25.7. The Kier molecular flexibility index (Phi) is 11.7. The van der Waals surface area contributed by atoms with Gasteiger partial charge >= 0.3 is 6.09 Å². The Morgan fingerprint density at radius 1 is 0.969 bits per heavy atom. The first-order valence-corrected chi connectivity index (χ1v) is 12.0. The summed E-state index contributed by atoms with van der Waals surface area (Å²) < 4.78 is 0. The predicted molar refractivity (Wildman–Crippen MR) is 133 cm³/mol. The number of amides is 1. The zero-order valence-corrected chi connectivity index (χ0v) is 20.0. The number of carbonyl (C=O) groups excluding carboxylic acids is 1. The Balaban J connectivity index is 1.91. The number of unbranched alkanes of at least 4 members (excludes halogenated alkanes) is 8. The summed E-state index contributed by atoms with van der Waals surface area (Å²) in [6.45, 7) is 4.18. The van der Waals surface area contributed by atoms with E-state index in [0.29, 0.717) is 28.4 Å². The minimum Gasteiger partial charge on any atom is -0.507 e. The van der Waals surface area contributed by atoms with Crippen molar-refractivity contribution in [3.05, 3.63) is 58.6 Å². The first-order valence-electron chi connectivity index (χ1n) is 11.6. The van der Waals surface area contributed by atoms with Crippen molar-refractivity contribution in [2.24, 2.45) is 5.16 Å². The van der Waals surface area contributed by atoms with Gasteiger partial charge in [-0.2, -0.15) is 0 Å². The third kappa shape index (κ3) is 9.73. The van der Waals surface area contributed by atoms with Crippen LogP contribution < -0.4 is 5.32 Å². The van der Waals surface area contributed by atoms with Crippen LogP contribution >= 0.6 is 11.6 Å². The summed E-state index contributed by atoms with van der Waals surface area (Å²) in [7, 11) is 0. The molecule has 0 aromatic heterocycles. The van der Waals surface area contributed by atoms with Gasteiger partial charge < -0.3 is 5.11 Å². The molecule has 5 nitrogen and oxygen atoms in total. The zero-order chi connectivity index (χ0) is 23.2. The van der Waals surface area contributed by atoms with Crippen LogP contribution in [-0.2, 0) is 4.84 Å². The van der Waals surface area contributed by atoms with Crippen molar-refractivity contribution >= 4 is 29.1 Å². The molecule has 174 valence electrons. The fourth-order valence-corrected chi connectivity index (χ4v) is 3.61. The van der Waals surface area contributed by atoms with Crippen LogP contribution in [0.4, 0.5) is 10.5 Å². The monoisotopic (exact) mass is 458 g/mol. The Bertz CT molecular complexity index is 866. The Morgan fingerprint density at radius 2 is 1.59 bits per heavy atom. The number of nitrogens with one attached hydrogen (secondary N) is 1. The highest BCUT2D eigenvalue weighted by Gasteiger charge is 2.12. The molecule has 0 spiro atoms. The molecule has 2 rings (SSSR count). The van der Waals surface area contributed by atoms with Crippen LogP contribution in [-0.4, -0.2) is 16.9 Å². The number of aryl methyl sites for hydroxylation is 1.